The molecule has 0 saturated carbocycles. The van der Waals surface area contributed by atoms with E-state index in [0.29, 0.717) is 30.4 Å². The molecule has 6 nitrogen and oxygen atoms in total. The Balaban J connectivity index is 1.70. The molecule has 0 aliphatic carbocycles. The first-order valence-electron chi connectivity index (χ1n) is 6.82. The normalized spacial score (nSPS) is 13.9. The maximum atomic E-state index is 12.2. The highest BCUT2D eigenvalue weighted by atomic mass is 35.5. The number of benzene rings is 1. The summed E-state index contributed by atoms with van der Waals surface area (Å²) in [7, 11) is 0. The topological polar surface area (TPSA) is 71.3 Å². The Kier molecular flexibility index (Phi) is 3.79. The SMILES string of the molecule is CCc1noc(NC(=O)N2CCc3cccc(Cl)c3C2)n1. The summed E-state index contributed by atoms with van der Waals surface area (Å²) in [5.74, 6) is 0.567. The Hall–Kier alpha value is -2.08. The number of hydrogen-bond acceptors (Lipinski definition) is 4. The molecule has 1 aliphatic heterocycles. The fraction of sp³-hybridized carbons (Fsp3) is 0.357. The van der Waals surface area contributed by atoms with Crippen LogP contribution in [-0.2, 0) is 19.4 Å². The zero-order valence-electron chi connectivity index (χ0n) is 11.6. The van der Waals surface area contributed by atoms with Crippen molar-refractivity contribution in [1.82, 2.24) is 15.0 Å². The highest BCUT2D eigenvalue weighted by Gasteiger charge is 2.23. The summed E-state index contributed by atoms with van der Waals surface area (Å²) in [4.78, 5) is 18.0. The number of amides is 2. The minimum Gasteiger partial charge on any atom is -0.320 e. The third-order valence-corrected chi connectivity index (χ3v) is 3.86. The van der Waals surface area contributed by atoms with Gasteiger partial charge in [-0.25, -0.2) is 4.79 Å². The van der Waals surface area contributed by atoms with E-state index in [1.165, 1.54) is 5.56 Å². The third-order valence-electron chi connectivity index (χ3n) is 3.50. The Morgan fingerprint density at radius 2 is 2.38 bits per heavy atom. The molecule has 1 aromatic carbocycles. The average molecular weight is 307 g/mol. The molecule has 3 rings (SSSR count). The van der Waals surface area contributed by atoms with Crippen LogP contribution in [0.25, 0.3) is 0 Å². The fourth-order valence-corrected chi connectivity index (χ4v) is 2.59. The fourth-order valence-electron chi connectivity index (χ4n) is 2.33. The summed E-state index contributed by atoms with van der Waals surface area (Å²) in [6.07, 6.45) is 1.44. The van der Waals surface area contributed by atoms with E-state index in [0.717, 1.165) is 12.0 Å². The number of aryl methyl sites for hydroxylation is 1. The van der Waals surface area contributed by atoms with Gasteiger partial charge in [0.2, 0.25) is 0 Å². The lowest BCUT2D eigenvalue weighted by Crippen LogP contribution is -2.39. The largest absolute Gasteiger partial charge is 0.329 e. The van der Waals surface area contributed by atoms with Gasteiger partial charge in [-0.05, 0) is 23.6 Å². The molecule has 2 aromatic rings. The first-order valence-corrected chi connectivity index (χ1v) is 7.20. The summed E-state index contributed by atoms with van der Waals surface area (Å²) in [5, 5.41) is 7.05. The Bertz CT molecular complexity index is 671. The molecular weight excluding hydrogens is 292 g/mol. The molecule has 2 heterocycles. The summed E-state index contributed by atoms with van der Waals surface area (Å²) in [6.45, 7) is 3.03. The van der Waals surface area contributed by atoms with Crippen molar-refractivity contribution in [3.05, 3.63) is 40.2 Å². The summed E-state index contributed by atoms with van der Waals surface area (Å²) in [6, 6.07) is 5.69. The van der Waals surface area contributed by atoms with Gasteiger partial charge in [-0.1, -0.05) is 35.8 Å². The van der Waals surface area contributed by atoms with Crippen LogP contribution in [0, 0.1) is 0 Å². The van der Waals surface area contributed by atoms with Gasteiger partial charge >= 0.3 is 12.0 Å². The predicted molar refractivity (Wildman–Crippen MR) is 78.3 cm³/mol. The van der Waals surface area contributed by atoms with Crippen LogP contribution < -0.4 is 5.32 Å². The van der Waals surface area contributed by atoms with Crippen LogP contribution in [0.2, 0.25) is 5.02 Å². The second kappa shape index (κ2) is 5.73. The van der Waals surface area contributed by atoms with Gasteiger partial charge < -0.3 is 9.42 Å². The Labute approximate surface area is 127 Å². The number of nitrogens with zero attached hydrogens (tertiary/aromatic N) is 3. The number of nitrogens with one attached hydrogen (secondary N) is 1. The standard InChI is InChI=1S/C14H15ClN4O2/c1-2-12-16-13(21-18-12)17-14(20)19-7-6-9-4-3-5-11(15)10(9)8-19/h3-5H,2,6-8H2,1H3,(H,16,17,18,20). The monoisotopic (exact) mass is 306 g/mol. The number of halogens is 1. The number of fused-ring (bicyclic) bond motifs is 1. The van der Waals surface area contributed by atoms with Crippen molar-refractivity contribution in [3.63, 3.8) is 0 Å². The van der Waals surface area contributed by atoms with Crippen molar-refractivity contribution in [1.29, 1.82) is 0 Å². The van der Waals surface area contributed by atoms with Crippen LogP contribution in [0.1, 0.15) is 23.9 Å². The quantitative estimate of drug-likeness (QED) is 0.926. The zero-order valence-corrected chi connectivity index (χ0v) is 12.4. The van der Waals surface area contributed by atoms with Crippen molar-refractivity contribution >= 4 is 23.6 Å². The summed E-state index contributed by atoms with van der Waals surface area (Å²) >= 11 is 6.20. The molecule has 2 amide bonds. The van der Waals surface area contributed by atoms with E-state index in [1.807, 2.05) is 25.1 Å². The van der Waals surface area contributed by atoms with Gasteiger partial charge in [0.05, 0.1) is 0 Å². The molecule has 0 unspecified atom stereocenters. The van der Waals surface area contributed by atoms with Gasteiger partial charge in [0, 0.05) is 24.5 Å². The van der Waals surface area contributed by atoms with Crippen LogP contribution in [0.4, 0.5) is 10.8 Å². The minimum absolute atomic E-state index is 0.127. The Morgan fingerprint density at radius 3 is 3.14 bits per heavy atom. The first kappa shape index (κ1) is 13.9. The number of rotatable bonds is 2. The molecule has 0 atom stereocenters. The molecule has 1 N–H and O–H groups in total. The Morgan fingerprint density at radius 1 is 1.52 bits per heavy atom. The number of carbonyl (C=O) groups excluding carboxylic acids is 1. The number of hydrogen-bond donors (Lipinski definition) is 1. The van der Waals surface area contributed by atoms with Gasteiger partial charge in [-0.2, -0.15) is 4.98 Å². The first-order chi connectivity index (χ1) is 10.2. The average Bonchev–Trinajstić information content (AvgIpc) is 2.95. The van der Waals surface area contributed by atoms with E-state index in [4.69, 9.17) is 16.1 Å². The summed E-state index contributed by atoms with van der Waals surface area (Å²) < 4.78 is 4.96. The van der Waals surface area contributed by atoms with Crippen molar-refractivity contribution in [2.75, 3.05) is 11.9 Å². The molecule has 1 aliphatic rings. The predicted octanol–water partition coefficient (Wildman–Crippen LogP) is 2.88. The van der Waals surface area contributed by atoms with Crippen molar-refractivity contribution in [2.24, 2.45) is 0 Å². The van der Waals surface area contributed by atoms with E-state index < -0.39 is 0 Å². The highest BCUT2D eigenvalue weighted by molar-refractivity contribution is 6.31. The van der Waals surface area contributed by atoms with Crippen molar-refractivity contribution < 1.29 is 9.32 Å². The van der Waals surface area contributed by atoms with Gasteiger partial charge in [-0.3, -0.25) is 5.32 Å². The molecular formula is C14H15ClN4O2. The molecule has 0 bridgehead atoms. The number of urea groups is 1. The lowest BCUT2D eigenvalue weighted by atomic mass is 10.00. The zero-order chi connectivity index (χ0) is 14.8. The summed E-state index contributed by atoms with van der Waals surface area (Å²) in [5.41, 5.74) is 2.19. The molecule has 7 heteroatoms. The number of aromatic nitrogens is 2. The maximum Gasteiger partial charge on any atom is 0.329 e. The van der Waals surface area contributed by atoms with E-state index in [-0.39, 0.29) is 12.0 Å². The second-order valence-electron chi connectivity index (χ2n) is 4.85. The lowest BCUT2D eigenvalue weighted by molar-refractivity contribution is 0.205. The van der Waals surface area contributed by atoms with Gasteiger partial charge in [-0.15, -0.1) is 0 Å². The second-order valence-corrected chi connectivity index (χ2v) is 5.26. The van der Waals surface area contributed by atoms with Crippen LogP contribution in [-0.4, -0.2) is 27.6 Å². The van der Waals surface area contributed by atoms with Gasteiger partial charge in [0.25, 0.3) is 0 Å². The number of carbonyl (C=O) groups is 1. The molecule has 0 radical (unpaired) electrons. The van der Waals surface area contributed by atoms with Crippen LogP contribution in [0.5, 0.6) is 0 Å². The van der Waals surface area contributed by atoms with Crippen molar-refractivity contribution in [3.8, 4) is 0 Å². The van der Waals surface area contributed by atoms with Crippen LogP contribution in [0.3, 0.4) is 0 Å². The van der Waals surface area contributed by atoms with Gasteiger partial charge in [0.1, 0.15) is 0 Å². The van der Waals surface area contributed by atoms with E-state index in [2.05, 4.69) is 15.5 Å². The molecule has 110 valence electrons. The molecule has 0 saturated heterocycles. The molecule has 0 fully saturated rings. The maximum absolute atomic E-state index is 12.2. The van der Waals surface area contributed by atoms with E-state index in [1.54, 1.807) is 4.90 Å². The number of anilines is 1. The third kappa shape index (κ3) is 2.85. The minimum atomic E-state index is -0.258. The molecule has 0 spiro atoms. The van der Waals surface area contributed by atoms with Crippen LogP contribution in [0.15, 0.2) is 22.7 Å². The molecule has 1 aromatic heterocycles. The van der Waals surface area contributed by atoms with Crippen molar-refractivity contribution in [2.45, 2.75) is 26.3 Å². The van der Waals surface area contributed by atoms with Gasteiger partial charge in [0.15, 0.2) is 5.82 Å². The lowest BCUT2D eigenvalue weighted by Gasteiger charge is -2.28. The smallest absolute Gasteiger partial charge is 0.320 e. The molecule has 21 heavy (non-hydrogen) atoms. The highest BCUT2D eigenvalue weighted by Crippen LogP contribution is 2.26. The van der Waals surface area contributed by atoms with Crippen LogP contribution >= 0.6 is 11.6 Å². The van der Waals surface area contributed by atoms with E-state index in [9.17, 15) is 4.79 Å². The van der Waals surface area contributed by atoms with E-state index >= 15 is 0 Å².